The zero-order valence-corrected chi connectivity index (χ0v) is 49.9. The summed E-state index contributed by atoms with van der Waals surface area (Å²) in [6.45, 7) is 21.1. The standard InChI is InChI=1S/C80H62N6/c1-78(2,3)48-39-56(46-32-34-67-57(36-46)54-28-18-20-30-65(54)83(67)51-23-12-10-13-24-51)72-61(40-48)62-42-50(80(7,8)9)43-63-70-76(85(72)73(62)63)81-71-64-44-49(79(4,5)6)41-60-59-37-45-22-16-17-27-53(45)69(75(59)86(74(60)64)77(71)82-70)47-33-35-68-58(38-47)55-29-19-21-31-66(55)84(68)52-25-14-11-15-26-52/h10-44H,1-9H3. The Morgan fingerprint density at radius 2 is 0.686 bits per heavy atom. The van der Waals surface area contributed by atoms with Crippen molar-refractivity contribution in [2.45, 2.75) is 78.6 Å². The van der Waals surface area contributed by atoms with E-state index in [-0.39, 0.29) is 16.2 Å². The Bertz CT molecular complexity index is 5930. The lowest BCUT2D eigenvalue weighted by molar-refractivity contribution is 0.591. The van der Waals surface area contributed by atoms with Crippen molar-refractivity contribution in [1.29, 1.82) is 0 Å². The molecule has 6 heteroatoms. The Labute approximate surface area is 497 Å². The highest BCUT2D eigenvalue weighted by Gasteiger charge is 2.32. The van der Waals surface area contributed by atoms with E-state index in [4.69, 9.17) is 9.97 Å². The Balaban J connectivity index is 0.988. The molecule has 412 valence electrons. The van der Waals surface area contributed by atoms with E-state index in [2.05, 4.69) is 293 Å². The smallest absolute Gasteiger partial charge is 0.165 e. The minimum atomic E-state index is -0.153. The second kappa shape index (κ2) is 16.9. The molecule has 0 saturated heterocycles. The highest BCUT2D eigenvalue weighted by molar-refractivity contribution is 6.30. The first-order valence-electron chi connectivity index (χ1n) is 30.4. The Kier molecular flexibility index (Phi) is 9.68. The SMILES string of the molecule is CC(C)(C)c1cc(-c2ccc3c(c2)c2ccccc2n3-c2ccccc2)c2c(c1)c1cc(C(C)(C)C)cc3c4nc5c(nc4n2c13)c1cc(C(C)(C)C)cc2c3cc4ccccc4c(-c4ccc6c(c4)c4ccccc4n6-c4ccccc4)c3n5c21. The summed E-state index contributed by atoms with van der Waals surface area (Å²) in [5, 5.41) is 14.5. The normalized spacial score (nSPS) is 13.2. The second-order valence-corrected chi connectivity index (χ2v) is 27.5. The van der Waals surface area contributed by atoms with Crippen LogP contribution in [0.25, 0.3) is 165 Å². The lowest BCUT2D eigenvalue weighted by atomic mass is 9.83. The molecule has 0 N–H and O–H groups in total. The highest BCUT2D eigenvalue weighted by atomic mass is 15.1. The van der Waals surface area contributed by atoms with E-state index < -0.39 is 0 Å². The fraction of sp³-hybridized carbons (Fsp3) is 0.150. The average Bonchev–Trinajstić information content (AvgIpc) is 1.58. The monoisotopic (exact) mass is 1110 g/mol. The van der Waals surface area contributed by atoms with E-state index in [1.54, 1.807) is 0 Å². The van der Waals surface area contributed by atoms with Crippen LogP contribution in [-0.2, 0) is 16.2 Å². The molecule has 0 aliphatic carbocycles. The summed E-state index contributed by atoms with van der Waals surface area (Å²) in [5.74, 6) is 0. The molecule has 86 heavy (non-hydrogen) atoms. The molecule has 0 atom stereocenters. The number of benzene rings is 11. The molecule has 18 aromatic rings. The fourth-order valence-corrected chi connectivity index (χ4v) is 14.9. The number of fused-ring (bicyclic) bond motifs is 19. The maximum absolute atomic E-state index is 6.11. The van der Waals surface area contributed by atoms with E-state index in [1.165, 1.54) is 120 Å². The molecule has 0 amide bonds. The van der Waals surface area contributed by atoms with Crippen LogP contribution in [0.3, 0.4) is 0 Å². The molecule has 7 heterocycles. The van der Waals surface area contributed by atoms with Crippen LogP contribution < -0.4 is 0 Å². The van der Waals surface area contributed by atoms with E-state index in [9.17, 15) is 0 Å². The molecule has 0 bridgehead atoms. The molecule has 18 rings (SSSR count). The van der Waals surface area contributed by atoms with E-state index in [1.807, 2.05) is 0 Å². The largest absolute Gasteiger partial charge is 0.309 e. The lowest BCUT2D eigenvalue weighted by Crippen LogP contribution is -2.11. The Hall–Kier alpha value is -10.0. The van der Waals surface area contributed by atoms with Crippen LogP contribution in [0.5, 0.6) is 0 Å². The number of rotatable bonds is 4. The van der Waals surface area contributed by atoms with Crippen molar-refractivity contribution in [3.05, 3.63) is 229 Å². The summed E-state index contributed by atoms with van der Waals surface area (Å²) in [6, 6.07) is 79.7. The molecular formula is C80H62N6. The van der Waals surface area contributed by atoms with Gasteiger partial charge in [0.1, 0.15) is 11.0 Å². The van der Waals surface area contributed by atoms with Gasteiger partial charge in [-0.2, -0.15) is 0 Å². The summed E-state index contributed by atoms with van der Waals surface area (Å²) in [4.78, 5) is 12.2. The maximum atomic E-state index is 6.11. The Morgan fingerprint density at radius 3 is 1.21 bits per heavy atom. The van der Waals surface area contributed by atoms with E-state index in [0.717, 1.165) is 61.0 Å². The lowest BCUT2D eigenvalue weighted by Gasteiger charge is -2.21. The molecule has 6 nitrogen and oxygen atoms in total. The van der Waals surface area contributed by atoms with Crippen LogP contribution in [0.15, 0.2) is 212 Å². The van der Waals surface area contributed by atoms with Crippen LogP contribution in [0.4, 0.5) is 0 Å². The topological polar surface area (TPSA) is 44.5 Å². The summed E-state index contributed by atoms with van der Waals surface area (Å²) >= 11 is 0. The predicted molar refractivity (Wildman–Crippen MR) is 365 cm³/mol. The number of hydrogen-bond donors (Lipinski definition) is 0. The van der Waals surface area contributed by atoms with Gasteiger partial charge < -0.3 is 9.13 Å². The quantitative estimate of drug-likeness (QED) is 0.176. The number of para-hydroxylation sites is 4. The average molecular weight is 1110 g/mol. The van der Waals surface area contributed by atoms with Crippen molar-refractivity contribution in [1.82, 2.24) is 27.9 Å². The van der Waals surface area contributed by atoms with Gasteiger partial charge in [0.05, 0.1) is 44.1 Å². The van der Waals surface area contributed by atoms with Gasteiger partial charge in [0, 0.05) is 76.4 Å². The van der Waals surface area contributed by atoms with Crippen molar-refractivity contribution < 1.29 is 0 Å². The maximum Gasteiger partial charge on any atom is 0.165 e. The van der Waals surface area contributed by atoms with Gasteiger partial charge in [0.15, 0.2) is 11.3 Å². The molecule has 0 spiro atoms. The third-order valence-corrected chi connectivity index (χ3v) is 19.2. The third kappa shape index (κ3) is 6.67. The minimum Gasteiger partial charge on any atom is -0.309 e. The van der Waals surface area contributed by atoms with Gasteiger partial charge in [-0.25, -0.2) is 9.97 Å². The van der Waals surface area contributed by atoms with Gasteiger partial charge in [-0.05, 0) is 158 Å². The van der Waals surface area contributed by atoms with Crippen molar-refractivity contribution in [2.24, 2.45) is 0 Å². The van der Waals surface area contributed by atoms with Crippen molar-refractivity contribution in [2.75, 3.05) is 0 Å². The van der Waals surface area contributed by atoms with Gasteiger partial charge in [-0.1, -0.05) is 172 Å². The summed E-state index contributed by atoms with van der Waals surface area (Å²) < 4.78 is 9.83. The molecule has 7 aromatic heterocycles. The molecule has 0 saturated carbocycles. The van der Waals surface area contributed by atoms with Gasteiger partial charge >= 0.3 is 0 Å². The van der Waals surface area contributed by atoms with E-state index in [0.29, 0.717) is 0 Å². The predicted octanol–water partition coefficient (Wildman–Crippen LogP) is 21.4. The van der Waals surface area contributed by atoms with Crippen molar-refractivity contribution in [3.8, 4) is 33.6 Å². The van der Waals surface area contributed by atoms with Crippen molar-refractivity contribution in [3.63, 3.8) is 0 Å². The van der Waals surface area contributed by atoms with Crippen LogP contribution in [-0.4, -0.2) is 27.9 Å². The van der Waals surface area contributed by atoms with Crippen molar-refractivity contribution >= 4 is 131 Å². The zero-order valence-electron chi connectivity index (χ0n) is 49.9. The highest BCUT2D eigenvalue weighted by Crippen LogP contribution is 2.51. The van der Waals surface area contributed by atoms with Crippen LogP contribution >= 0.6 is 0 Å². The summed E-state index contributed by atoms with van der Waals surface area (Å²) in [5.41, 5.74) is 23.4. The van der Waals surface area contributed by atoms with E-state index >= 15 is 0 Å². The van der Waals surface area contributed by atoms with Crippen LogP contribution in [0.1, 0.15) is 79.0 Å². The molecule has 0 unspecified atom stereocenters. The summed E-state index contributed by atoms with van der Waals surface area (Å²) in [6.07, 6.45) is 0. The fourth-order valence-electron chi connectivity index (χ4n) is 14.9. The van der Waals surface area contributed by atoms with Gasteiger partial charge in [0.25, 0.3) is 0 Å². The minimum absolute atomic E-state index is 0.130. The van der Waals surface area contributed by atoms with Gasteiger partial charge in [-0.15, -0.1) is 0 Å². The zero-order chi connectivity index (χ0) is 58.0. The molecule has 0 fully saturated rings. The third-order valence-electron chi connectivity index (χ3n) is 19.2. The van der Waals surface area contributed by atoms with Crippen LogP contribution in [0.2, 0.25) is 0 Å². The first kappa shape index (κ1) is 49.4. The first-order chi connectivity index (χ1) is 41.6. The molecular weight excluding hydrogens is 1040 g/mol. The number of nitrogens with zero attached hydrogens (tertiary/aromatic N) is 6. The molecule has 11 aromatic carbocycles. The second-order valence-electron chi connectivity index (χ2n) is 27.5. The van der Waals surface area contributed by atoms with Crippen LogP contribution in [0, 0.1) is 0 Å². The molecule has 0 aliphatic rings. The molecule has 0 aliphatic heterocycles. The van der Waals surface area contributed by atoms with Gasteiger partial charge in [-0.3, -0.25) is 8.80 Å². The number of hydrogen-bond acceptors (Lipinski definition) is 2. The first-order valence-corrected chi connectivity index (χ1v) is 30.4. The number of aromatic nitrogens is 6. The summed E-state index contributed by atoms with van der Waals surface area (Å²) in [7, 11) is 0. The molecule has 0 radical (unpaired) electrons. The van der Waals surface area contributed by atoms with Gasteiger partial charge in [0.2, 0.25) is 0 Å². The Morgan fingerprint density at radius 1 is 0.291 bits per heavy atom.